The summed E-state index contributed by atoms with van der Waals surface area (Å²) in [7, 11) is 1.14. The number of nitrogens with zero attached hydrogens (tertiary/aromatic N) is 1. The van der Waals surface area contributed by atoms with E-state index in [9.17, 15) is 14.4 Å². The monoisotopic (exact) mass is 375 g/mol. The highest BCUT2D eigenvalue weighted by Gasteiger charge is 2.31. The third kappa shape index (κ3) is 6.24. The van der Waals surface area contributed by atoms with Crippen LogP contribution in [0.3, 0.4) is 0 Å². The summed E-state index contributed by atoms with van der Waals surface area (Å²) < 4.78 is 9.89. The molecule has 1 rings (SSSR count). The fraction of sp³-hybridized carbons (Fsp3) is 0.476. The second kappa shape index (κ2) is 8.37. The number of benzene rings is 1. The molecule has 1 aromatic carbocycles. The first-order chi connectivity index (χ1) is 12.3. The standard InChI is InChI=1S/C21H29NO5/c1-14(18(24)27-21(5,6)7)13-22(17(23)19(25)26-8)16-12-10-9-11-15(16)20(2,3)4/h9-12H,1,13H2,2-8H3. The van der Waals surface area contributed by atoms with Crippen molar-refractivity contribution in [3.05, 3.63) is 42.0 Å². The highest BCUT2D eigenvalue weighted by Crippen LogP contribution is 2.32. The molecule has 0 fully saturated rings. The van der Waals surface area contributed by atoms with Gasteiger partial charge in [0.25, 0.3) is 0 Å². The van der Waals surface area contributed by atoms with Crippen LogP contribution in [0.2, 0.25) is 0 Å². The zero-order valence-electron chi connectivity index (χ0n) is 17.2. The number of hydrogen-bond acceptors (Lipinski definition) is 5. The Bertz CT molecular complexity index is 738. The van der Waals surface area contributed by atoms with E-state index in [4.69, 9.17) is 4.74 Å². The molecule has 0 bridgehead atoms. The minimum Gasteiger partial charge on any atom is -0.462 e. The molecule has 1 amide bonds. The summed E-state index contributed by atoms with van der Waals surface area (Å²) in [5, 5.41) is 0. The minimum atomic E-state index is -1.02. The molecule has 0 saturated heterocycles. The van der Waals surface area contributed by atoms with Crippen molar-refractivity contribution in [2.75, 3.05) is 18.6 Å². The minimum absolute atomic E-state index is 0.0610. The van der Waals surface area contributed by atoms with Crippen LogP contribution >= 0.6 is 0 Å². The number of anilines is 1. The van der Waals surface area contributed by atoms with Crippen LogP contribution in [0.1, 0.15) is 47.1 Å². The first kappa shape index (κ1) is 22.4. The van der Waals surface area contributed by atoms with Crippen LogP contribution in [0.4, 0.5) is 5.69 Å². The Labute approximate surface area is 161 Å². The number of amides is 1. The topological polar surface area (TPSA) is 72.9 Å². The number of ether oxygens (including phenoxy) is 2. The van der Waals surface area contributed by atoms with E-state index in [0.29, 0.717) is 5.69 Å². The second-order valence-electron chi connectivity index (χ2n) is 8.26. The van der Waals surface area contributed by atoms with E-state index in [1.165, 1.54) is 4.90 Å². The van der Waals surface area contributed by atoms with E-state index in [2.05, 4.69) is 11.3 Å². The summed E-state index contributed by atoms with van der Waals surface area (Å²) in [4.78, 5) is 38.1. The average Bonchev–Trinajstić information content (AvgIpc) is 2.55. The number of methoxy groups -OCH3 is 1. The van der Waals surface area contributed by atoms with E-state index in [0.717, 1.165) is 12.7 Å². The Kier molecular flexibility index (Phi) is 6.95. The number of carbonyl (C=O) groups excluding carboxylic acids is 3. The van der Waals surface area contributed by atoms with Crippen molar-refractivity contribution in [3.63, 3.8) is 0 Å². The fourth-order valence-electron chi connectivity index (χ4n) is 2.41. The fourth-order valence-corrected chi connectivity index (χ4v) is 2.41. The number of hydrogen-bond donors (Lipinski definition) is 0. The number of carbonyl (C=O) groups is 3. The Morgan fingerprint density at radius 1 is 1.00 bits per heavy atom. The lowest BCUT2D eigenvalue weighted by Crippen LogP contribution is -2.41. The van der Waals surface area contributed by atoms with Gasteiger partial charge in [-0.1, -0.05) is 45.5 Å². The molecule has 0 radical (unpaired) electrons. The van der Waals surface area contributed by atoms with Gasteiger partial charge < -0.3 is 9.47 Å². The Hall–Kier alpha value is -2.63. The predicted molar refractivity (Wildman–Crippen MR) is 104 cm³/mol. The number of para-hydroxylation sites is 1. The van der Waals surface area contributed by atoms with E-state index in [-0.39, 0.29) is 17.5 Å². The molecule has 148 valence electrons. The first-order valence-electron chi connectivity index (χ1n) is 8.68. The molecule has 0 aliphatic rings. The highest BCUT2D eigenvalue weighted by atomic mass is 16.6. The summed E-state index contributed by atoms with van der Waals surface area (Å²) in [5.74, 6) is -2.52. The second-order valence-corrected chi connectivity index (χ2v) is 8.26. The normalized spacial score (nSPS) is 11.5. The molecule has 0 N–H and O–H groups in total. The van der Waals surface area contributed by atoms with E-state index < -0.39 is 23.4 Å². The van der Waals surface area contributed by atoms with Crippen molar-refractivity contribution in [1.82, 2.24) is 0 Å². The molecule has 0 heterocycles. The van der Waals surface area contributed by atoms with Gasteiger partial charge in [0.2, 0.25) is 0 Å². The van der Waals surface area contributed by atoms with Gasteiger partial charge in [-0.15, -0.1) is 0 Å². The summed E-state index contributed by atoms with van der Waals surface area (Å²) in [6, 6.07) is 7.22. The summed E-state index contributed by atoms with van der Waals surface area (Å²) in [6.07, 6.45) is 0. The Morgan fingerprint density at radius 3 is 2.04 bits per heavy atom. The van der Waals surface area contributed by atoms with Crippen LogP contribution in [-0.4, -0.2) is 37.1 Å². The van der Waals surface area contributed by atoms with Gasteiger partial charge in [0.05, 0.1) is 13.7 Å². The molecule has 0 aliphatic carbocycles. The van der Waals surface area contributed by atoms with Crippen molar-refractivity contribution >= 4 is 23.5 Å². The lowest BCUT2D eigenvalue weighted by molar-refractivity contribution is -0.152. The largest absolute Gasteiger partial charge is 0.462 e. The lowest BCUT2D eigenvalue weighted by atomic mass is 9.85. The maximum atomic E-state index is 12.7. The van der Waals surface area contributed by atoms with Crippen LogP contribution < -0.4 is 4.90 Å². The van der Waals surface area contributed by atoms with Crippen molar-refractivity contribution in [2.45, 2.75) is 52.6 Å². The SMILES string of the molecule is C=C(CN(C(=O)C(=O)OC)c1ccccc1C(C)(C)C)C(=O)OC(C)(C)C. The predicted octanol–water partition coefficient (Wildman–Crippen LogP) is 3.39. The highest BCUT2D eigenvalue weighted by molar-refractivity contribution is 6.38. The molecule has 0 spiro atoms. The van der Waals surface area contributed by atoms with Crippen molar-refractivity contribution < 1.29 is 23.9 Å². The first-order valence-corrected chi connectivity index (χ1v) is 8.68. The van der Waals surface area contributed by atoms with Crippen molar-refractivity contribution in [2.24, 2.45) is 0 Å². The lowest BCUT2D eigenvalue weighted by Gasteiger charge is -2.30. The van der Waals surface area contributed by atoms with Crippen LogP contribution in [0.25, 0.3) is 0 Å². The van der Waals surface area contributed by atoms with E-state index in [1.54, 1.807) is 32.9 Å². The molecule has 0 aliphatic heterocycles. The van der Waals surface area contributed by atoms with Crippen LogP contribution in [0.5, 0.6) is 0 Å². The van der Waals surface area contributed by atoms with Crippen LogP contribution in [0.15, 0.2) is 36.4 Å². The van der Waals surface area contributed by atoms with Crippen LogP contribution in [-0.2, 0) is 29.3 Å². The van der Waals surface area contributed by atoms with Gasteiger partial charge in [0.1, 0.15) is 5.60 Å². The van der Waals surface area contributed by atoms with Crippen molar-refractivity contribution in [1.29, 1.82) is 0 Å². The van der Waals surface area contributed by atoms with Crippen molar-refractivity contribution in [3.8, 4) is 0 Å². The van der Waals surface area contributed by atoms with Gasteiger partial charge in [-0.3, -0.25) is 9.69 Å². The van der Waals surface area contributed by atoms with E-state index in [1.807, 2.05) is 32.9 Å². The molecule has 0 saturated carbocycles. The summed E-state index contributed by atoms with van der Waals surface area (Å²) in [5.41, 5.74) is 0.439. The number of esters is 2. The molecule has 1 aromatic rings. The third-order valence-electron chi connectivity index (χ3n) is 3.64. The molecule has 0 aromatic heterocycles. The quantitative estimate of drug-likeness (QED) is 0.458. The molecule has 0 atom stereocenters. The Balaban J connectivity index is 3.32. The smallest absolute Gasteiger partial charge is 0.397 e. The summed E-state index contributed by atoms with van der Waals surface area (Å²) >= 11 is 0. The molecule has 27 heavy (non-hydrogen) atoms. The zero-order valence-corrected chi connectivity index (χ0v) is 17.2. The molecule has 0 unspecified atom stereocenters. The zero-order chi connectivity index (χ0) is 21.0. The maximum absolute atomic E-state index is 12.7. The van der Waals surface area contributed by atoms with Crippen LogP contribution in [0, 0.1) is 0 Å². The third-order valence-corrected chi connectivity index (χ3v) is 3.64. The average molecular weight is 375 g/mol. The molecule has 6 heteroatoms. The van der Waals surface area contributed by atoms with Gasteiger partial charge in [0, 0.05) is 11.3 Å². The van der Waals surface area contributed by atoms with Gasteiger partial charge in [-0.05, 0) is 37.8 Å². The number of rotatable bonds is 4. The van der Waals surface area contributed by atoms with Gasteiger partial charge in [0.15, 0.2) is 0 Å². The maximum Gasteiger partial charge on any atom is 0.397 e. The molecule has 6 nitrogen and oxygen atoms in total. The van der Waals surface area contributed by atoms with Gasteiger partial charge in [-0.2, -0.15) is 0 Å². The van der Waals surface area contributed by atoms with Gasteiger partial charge >= 0.3 is 17.8 Å². The Morgan fingerprint density at radius 2 is 1.56 bits per heavy atom. The molecular weight excluding hydrogens is 346 g/mol. The van der Waals surface area contributed by atoms with E-state index >= 15 is 0 Å². The summed E-state index contributed by atoms with van der Waals surface area (Å²) in [6.45, 7) is 14.8. The molecular formula is C21H29NO5. The van der Waals surface area contributed by atoms with Gasteiger partial charge in [-0.25, -0.2) is 9.59 Å².